The van der Waals surface area contributed by atoms with Crippen LogP contribution in [0, 0.1) is 6.92 Å². The van der Waals surface area contributed by atoms with E-state index < -0.39 is 0 Å². The zero-order valence-electron chi connectivity index (χ0n) is 10.2. The largest absolute Gasteiger partial charge is 0.385 e. The summed E-state index contributed by atoms with van der Waals surface area (Å²) in [5.74, 6) is 1.02. The van der Waals surface area contributed by atoms with Gasteiger partial charge in [0.05, 0.1) is 13.1 Å². The summed E-state index contributed by atoms with van der Waals surface area (Å²) in [6.07, 6.45) is 0.812. The second-order valence-corrected chi connectivity index (χ2v) is 3.53. The summed E-state index contributed by atoms with van der Waals surface area (Å²) < 4.78 is 9.67. The quantitative estimate of drug-likeness (QED) is 0.604. The van der Waals surface area contributed by atoms with Gasteiger partial charge in [-0.3, -0.25) is 4.79 Å². The van der Waals surface area contributed by atoms with Crippen molar-refractivity contribution in [3.8, 4) is 0 Å². The number of methoxy groups -OCH3 is 1. The molecule has 1 rings (SSSR count). The van der Waals surface area contributed by atoms with Crippen molar-refractivity contribution in [1.29, 1.82) is 0 Å². The number of nitrogens with one attached hydrogen (secondary N) is 2. The molecule has 0 radical (unpaired) electrons. The number of ether oxygens (including phenoxy) is 1. The van der Waals surface area contributed by atoms with Crippen molar-refractivity contribution in [2.75, 3.05) is 26.8 Å². The molecule has 96 valence electrons. The van der Waals surface area contributed by atoms with Crippen LogP contribution in [0.1, 0.15) is 18.1 Å². The molecule has 0 saturated carbocycles. The van der Waals surface area contributed by atoms with Gasteiger partial charge in [0.2, 0.25) is 11.8 Å². The van der Waals surface area contributed by atoms with Gasteiger partial charge in [-0.2, -0.15) is 4.98 Å². The number of rotatable bonds is 8. The van der Waals surface area contributed by atoms with Crippen LogP contribution in [0.3, 0.4) is 0 Å². The van der Waals surface area contributed by atoms with Crippen molar-refractivity contribution in [3.63, 3.8) is 0 Å². The Bertz CT molecular complexity index is 340. The van der Waals surface area contributed by atoms with E-state index in [-0.39, 0.29) is 12.5 Å². The summed E-state index contributed by atoms with van der Waals surface area (Å²) in [6, 6.07) is 0. The van der Waals surface area contributed by atoms with E-state index >= 15 is 0 Å². The highest BCUT2D eigenvalue weighted by Crippen LogP contribution is 1.93. The lowest BCUT2D eigenvalue weighted by molar-refractivity contribution is -0.120. The third-order valence-corrected chi connectivity index (χ3v) is 1.99. The average molecular weight is 242 g/mol. The fourth-order valence-corrected chi connectivity index (χ4v) is 1.21. The molecule has 0 atom stereocenters. The van der Waals surface area contributed by atoms with Crippen molar-refractivity contribution < 1.29 is 14.1 Å². The van der Waals surface area contributed by atoms with Gasteiger partial charge in [0, 0.05) is 27.2 Å². The summed E-state index contributed by atoms with van der Waals surface area (Å²) in [4.78, 5) is 15.3. The number of carbonyl (C=O) groups excluding carboxylic acids is 1. The maximum atomic E-state index is 11.3. The van der Waals surface area contributed by atoms with Crippen LogP contribution in [0.5, 0.6) is 0 Å². The summed E-state index contributed by atoms with van der Waals surface area (Å²) in [7, 11) is 1.64. The van der Waals surface area contributed by atoms with E-state index in [2.05, 4.69) is 20.8 Å². The van der Waals surface area contributed by atoms with E-state index in [1.54, 1.807) is 14.0 Å². The number of nitrogens with zero attached hydrogens (tertiary/aromatic N) is 2. The van der Waals surface area contributed by atoms with Crippen molar-refractivity contribution in [2.45, 2.75) is 19.9 Å². The van der Waals surface area contributed by atoms with Crippen LogP contribution in [0.2, 0.25) is 0 Å². The van der Waals surface area contributed by atoms with Crippen LogP contribution < -0.4 is 10.6 Å². The van der Waals surface area contributed by atoms with Gasteiger partial charge in [0.25, 0.3) is 0 Å². The van der Waals surface area contributed by atoms with Gasteiger partial charge in [-0.1, -0.05) is 5.16 Å². The normalized spacial score (nSPS) is 10.5. The molecule has 2 N–H and O–H groups in total. The predicted octanol–water partition coefficient (Wildman–Crippen LogP) is -0.380. The van der Waals surface area contributed by atoms with Gasteiger partial charge in [0.15, 0.2) is 5.82 Å². The maximum absolute atomic E-state index is 11.3. The van der Waals surface area contributed by atoms with Gasteiger partial charge < -0.3 is 19.9 Å². The molecular formula is C10H18N4O3. The average Bonchev–Trinajstić information content (AvgIpc) is 2.71. The standard InChI is InChI=1S/C10H18N4O3/c1-8-13-9(14-17-8)6-11-7-10(15)12-4-3-5-16-2/h11H,3-7H2,1-2H3,(H,12,15). The Morgan fingerprint density at radius 3 is 3.00 bits per heavy atom. The third-order valence-electron chi connectivity index (χ3n) is 1.99. The molecule has 7 nitrogen and oxygen atoms in total. The second-order valence-electron chi connectivity index (χ2n) is 3.53. The van der Waals surface area contributed by atoms with E-state index in [0.29, 0.717) is 31.4 Å². The van der Waals surface area contributed by atoms with Crippen molar-refractivity contribution in [2.24, 2.45) is 0 Å². The summed E-state index contributed by atoms with van der Waals surface area (Å²) in [5, 5.41) is 9.39. The number of hydrogen-bond donors (Lipinski definition) is 2. The number of aromatic nitrogens is 2. The van der Waals surface area contributed by atoms with Gasteiger partial charge in [-0.15, -0.1) is 0 Å². The van der Waals surface area contributed by atoms with Crippen LogP contribution >= 0.6 is 0 Å². The number of aryl methyl sites for hydroxylation is 1. The summed E-state index contributed by atoms with van der Waals surface area (Å²) in [5.41, 5.74) is 0. The first-order valence-electron chi connectivity index (χ1n) is 5.48. The topological polar surface area (TPSA) is 89.3 Å². The smallest absolute Gasteiger partial charge is 0.233 e. The van der Waals surface area contributed by atoms with Crippen LogP contribution in [0.25, 0.3) is 0 Å². The molecule has 0 saturated heterocycles. The van der Waals surface area contributed by atoms with E-state index in [1.807, 2.05) is 0 Å². The maximum Gasteiger partial charge on any atom is 0.233 e. The lowest BCUT2D eigenvalue weighted by Crippen LogP contribution is -2.34. The zero-order valence-corrected chi connectivity index (χ0v) is 10.2. The Hall–Kier alpha value is -1.47. The molecule has 1 aromatic heterocycles. The number of carbonyl (C=O) groups is 1. The fourth-order valence-electron chi connectivity index (χ4n) is 1.21. The molecule has 1 aromatic rings. The van der Waals surface area contributed by atoms with Crippen LogP contribution in [-0.4, -0.2) is 42.9 Å². The Balaban J connectivity index is 2.04. The van der Waals surface area contributed by atoms with Crippen molar-refractivity contribution in [3.05, 3.63) is 11.7 Å². The molecule has 7 heteroatoms. The predicted molar refractivity (Wildman–Crippen MR) is 60.2 cm³/mol. The summed E-state index contributed by atoms with van der Waals surface area (Å²) >= 11 is 0. The first kappa shape index (κ1) is 13.6. The minimum Gasteiger partial charge on any atom is -0.385 e. The SMILES string of the molecule is COCCCNC(=O)CNCc1noc(C)n1. The van der Waals surface area contributed by atoms with E-state index in [0.717, 1.165) is 6.42 Å². The van der Waals surface area contributed by atoms with E-state index in [4.69, 9.17) is 9.26 Å². The molecule has 0 aliphatic carbocycles. The highest BCUT2D eigenvalue weighted by molar-refractivity contribution is 5.77. The van der Waals surface area contributed by atoms with Crippen LogP contribution in [0.4, 0.5) is 0 Å². The van der Waals surface area contributed by atoms with Crippen LogP contribution in [-0.2, 0) is 16.1 Å². The lowest BCUT2D eigenvalue weighted by Gasteiger charge is -2.04. The Labute approximate surface area is 99.9 Å². The first-order chi connectivity index (χ1) is 8.22. The first-order valence-corrected chi connectivity index (χ1v) is 5.48. The Morgan fingerprint density at radius 2 is 2.35 bits per heavy atom. The molecule has 0 aromatic carbocycles. The molecule has 0 spiro atoms. The van der Waals surface area contributed by atoms with E-state index in [1.165, 1.54) is 0 Å². The highest BCUT2D eigenvalue weighted by atomic mass is 16.5. The lowest BCUT2D eigenvalue weighted by atomic mass is 10.4. The fraction of sp³-hybridized carbons (Fsp3) is 0.700. The Morgan fingerprint density at radius 1 is 1.53 bits per heavy atom. The molecule has 0 aliphatic heterocycles. The van der Waals surface area contributed by atoms with E-state index in [9.17, 15) is 4.79 Å². The summed E-state index contributed by atoms with van der Waals surface area (Å²) in [6.45, 7) is 3.65. The third kappa shape index (κ3) is 5.98. The number of hydrogen-bond acceptors (Lipinski definition) is 6. The van der Waals surface area contributed by atoms with Crippen molar-refractivity contribution in [1.82, 2.24) is 20.8 Å². The van der Waals surface area contributed by atoms with Crippen molar-refractivity contribution >= 4 is 5.91 Å². The molecule has 0 bridgehead atoms. The molecule has 1 heterocycles. The minimum atomic E-state index is -0.0543. The molecule has 0 fully saturated rings. The van der Waals surface area contributed by atoms with Gasteiger partial charge in [-0.05, 0) is 6.42 Å². The minimum absolute atomic E-state index is 0.0543. The van der Waals surface area contributed by atoms with Gasteiger partial charge in [-0.25, -0.2) is 0 Å². The highest BCUT2D eigenvalue weighted by Gasteiger charge is 2.03. The molecule has 0 unspecified atom stereocenters. The van der Waals surface area contributed by atoms with Gasteiger partial charge >= 0.3 is 0 Å². The molecule has 1 amide bonds. The zero-order chi connectivity index (χ0) is 12.5. The molecule has 0 aliphatic rings. The molecular weight excluding hydrogens is 224 g/mol. The monoisotopic (exact) mass is 242 g/mol. The molecule has 17 heavy (non-hydrogen) atoms. The second kappa shape index (κ2) is 7.75. The van der Waals surface area contributed by atoms with Crippen LogP contribution in [0.15, 0.2) is 4.52 Å². The number of amides is 1. The van der Waals surface area contributed by atoms with Gasteiger partial charge in [0.1, 0.15) is 0 Å². The Kier molecular flexibility index (Phi) is 6.19.